The van der Waals surface area contributed by atoms with Crippen molar-refractivity contribution in [3.8, 4) is 5.75 Å². The largest absolute Gasteiger partial charge is 0.573 e. The third kappa shape index (κ3) is 6.23. The van der Waals surface area contributed by atoms with E-state index >= 15 is 0 Å². The molecule has 0 spiro atoms. The highest BCUT2D eigenvalue weighted by atomic mass is 19.4. The molecular formula is C25H29F3N4O3. The minimum atomic E-state index is -4.75. The van der Waals surface area contributed by atoms with Crippen molar-refractivity contribution in [2.75, 3.05) is 5.32 Å². The summed E-state index contributed by atoms with van der Waals surface area (Å²) in [5, 5.41) is 12.3. The second-order valence-electron chi connectivity index (χ2n) is 10.1. The second-order valence-corrected chi connectivity index (χ2v) is 10.1. The van der Waals surface area contributed by atoms with E-state index in [0.29, 0.717) is 35.2 Å². The molecule has 2 heterocycles. The maximum atomic E-state index is 12.5. The Morgan fingerprint density at radius 1 is 1.26 bits per heavy atom. The van der Waals surface area contributed by atoms with Crippen molar-refractivity contribution in [1.82, 2.24) is 14.5 Å². The van der Waals surface area contributed by atoms with Crippen LogP contribution in [0.15, 0.2) is 36.5 Å². The summed E-state index contributed by atoms with van der Waals surface area (Å²) in [4.78, 5) is 20.2. The number of rotatable bonds is 7. The summed E-state index contributed by atoms with van der Waals surface area (Å²) in [6.45, 7) is 6.74. The molecule has 1 aliphatic rings. The smallest absolute Gasteiger partial charge is 0.481 e. The molecular weight excluding hydrogens is 461 g/mol. The molecule has 1 aliphatic carbocycles. The molecule has 0 amide bonds. The number of fused-ring (bicyclic) bond motifs is 1. The zero-order valence-electron chi connectivity index (χ0n) is 19.9. The van der Waals surface area contributed by atoms with Gasteiger partial charge in [0.15, 0.2) is 0 Å². The zero-order valence-corrected chi connectivity index (χ0v) is 19.9. The lowest BCUT2D eigenvalue weighted by Gasteiger charge is -2.40. The first kappa shape index (κ1) is 24.8. The summed E-state index contributed by atoms with van der Waals surface area (Å²) in [5.41, 5.74) is 2.87. The molecule has 0 bridgehead atoms. The lowest BCUT2D eigenvalue weighted by molar-refractivity contribution is -0.274. The van der Waals surface area contributed by atoms with Crippen LogP contribution in [0.4, 0.5) is 24.8 Å². The number of anilines is 2. The number of pyridine rings is 1. The average molecular weight is 491 g/mol. The Bertz CT molecular complexity index is 1210. The molecule has 0 unspecified atom stereocenters. The van der Waals surface area contributed by atoms with Gasteiger partial charge in [0, 0.05) is 23.8 Å². The number of nitrogens with zero attached hydrogens (tertiary/aromatic N) is 3. The lowest BCUT2D eigenvalue weighted by atomic mass is 9.70. The number of halogens is 3. The fraction of sp³-hybridized carbons (Fsp3) is 0.480. The monoisotopic (exact) mass is 490 g/mol. The van der Waals surface area contributed by atoms with E-state index in [1.54, 1.807) is 12.3 Å². The van der Waals surface area contributed by atoms with Crippen LogP contribution in [-0.2, 0) is 11.2 Å². The minimum Gasteiger partial charge on any atom is -0.481 e. The summed E-state index contributed by atoms with van der Waals surface area (Å²) in [6.07, 6.45) is 0.284. The molecule has 2 atom stereocenters. The highest BCUT2D eigenvalue weighted by molar-refractivity contribution is 5.80. The first-order chi connectivity index (χ1) is 16.4. The number of alkyl halides is 3. The van der Waals surface area contributed by atoms with Gasteiger partial charge in [-0.3, -0.25) is 9.78 Å². The van der Waals surface area contributed by atoms with Gasteiger partial charge in [0.05, 0.1) is 23.7 Å². The Kier molecular flexibility index (Phi) is 6.66. The first-order valence-corrected chi connectivity index (χ1v) is 11.6. The van der Waals surface area contributed by atoms with Crippen molar-refractivity contribution in [3.05, 3.63) is 42.2 Å². The number of carboxylic acids is 1. The number of carboxylic acid groups (broad SMARTS) is 1. The Hall–Kier alpha value is -3.30. The number of imidazole rings is 1. The van der Waals surface area contributed by atoms with Crippen LogP contribution in [0.2, 0.25) is 0 Å². The van der Waals surface area contributed by atoms with Crippen molar-refractivity contribution in [1.29, 1.82) is 0 Å². The fourth-order valence-corrected chi connectivity index (χ4v) is 5.23. The van der Waals surface area contributed by atoms with Crippen LogP contribution >= 0.6 is 0 Å². The van der Waals surface area contributed by atoms with E-state index in [1.807, 2.05) is 0 Å². The normalized spacial score (nSPS) is 20.1. The van der Waals surface area contributed by atoms with Gasteiger partial charge in [-0.1, -0.05) is 20.8 Å². The molecule has 1 fully saturated rings. The first-order valence-electron chi connectivity index (χ1n) is 11.6. The van der Waals surface area contributed by atoms with Gasteiger partial charge in [0.2, 0.25) is 5.95 Å². The topological polar surface area (TPSA) is 89.3 Å². The Labute approximate surface area is 201 Å². The van der Waals surface area contributed by atoms with Crippen LogP contribution < -0.4 is 10.1 Å². The summed E-state index contributed by atoms with van der Waals surface area (Å²) < 4.78 is 43.6. The zero-order chi connectivity index (χ0) is 25.4. The van der Waals surface area contributed by atoms with Crippen molar-refractivity contribution < 1.29 is 27.8 Å². The molecule has 0 aliphatic heterocycles. The van der Waals surface area contributed by atoms with Crippen LogP contribution in [0.25, 0.3) is 11.0 Å². The number of hydrogen-bond donors (Lipinski definition) is 2. The highest BCUT2D eigenvalue weighted by Crippen LogP contribution is 2.46. The number of hydrogen-bond acceptors (Lipinski definition) is 5. The molecule has 3 aromatic rings. The van der Waals surface area contributed by atoms with Crippen molar-refractivity contribution >= 4 is 28.6 Å². The van der Waals surface area contributed by atoms with E-state index in [1.165, 1.54) is 24.3 Å². The summed E-state index contributed by atoms with van der Waals surface area (Å²) >= 11 is 0. The van der Waals surface area contributed by atoms with E-state index in [-0.39, 0.29) is 23.6 Å². The van der Waals surface area contributed by atoms with Crippen LogP contribution in [-0.4, -0.2) is 32.0 Å². The van der Waals surface area contributed by atoms with Crippen LogP contribution in [0.3, 0.4) is 0 Å². The van der Waals surface area contributed by atoms with E-state index in [2.05, 4.69) is 40.4 Å². The fourth-order valence-electron chi connectivity index (χ4n) is 5.23. The molecule has 2 N–H and O–H groups in total. The lowest BCUT2D eigenvalue weighted by Crippen LogP contribution is -2.29. The van der Waals surface area contributed by atoms with E-state index in [4.69, 9.17) is 10.1 Å². The summed E-state index contributed by atoms with van der Waals surface area (Å²) in [7, 11) is 0. The Morgan fingerprint density at radius 2 is 1.97 bits per heavy atom. The van der Waals surface area contributed by atoms with E-state index < -0.39 is 12.3 Å². The van der Waals surface area contributed by atoms with E-state index in [0.717, 1.165) is 24.8 Å². The number of aromatic nitrogens is 3. The number of benzene rings is 1. The van der Waals surface area contributed by atoms with Crippen molar-refractivity contribution in [2.24, 2.45) is 11.3 Å². The van der Waals surface area contributed by atoms with Gasteiger partial charge >= 0.3 is 12.3 Å². The van der Waals surface area contributed by atoms with Gasteiger partial charge in [-0.25, -0.2) is 4.98 Å². The number of carbonyl (C=O) groups is 1. The number of ether oxygens (including phenoxy) is 1. The molecule has 1 aromatic carbocycles. The summed E-state index contributed by atoms with van der Waals surface area (Å²) in [5.74, 6) is -0.116. The standard InChI is InChI=1S/C25H29F3N4O3/c1-15-10-18(13-24(2,3)12-15)32-21-14-29-17(6-9-22(33)34)11-20(21)31-23(32)30-16-4-7-19(8-5-16)35-25(26,27)28/h4-5,7-8,11,14-15,18H,6,9-10,12-13H2,1-3H3,(H,30,31)(H,33,34)/t15-,18+/m1/s1. The van der Waals surface area contributed by atoms with Crippen molar-refractivity contribution in [3.63, 3.8) is 0 Å². The Morgan fingerprint density at radius 3 is 2.60 bits per heavy atom. The third-order valence-electron chi connectivity index (χ3n) is 6.30. The molecule has 7 nitrogen and oxygen atoms in total. The van der Waals surface area contributed by atoms with Gasteiger partial charge in [0.1, 0.15) is 5.75 Å². The molecule has 188 valence electrons. The molecule has 0 radical (unpaired) electrons. The maximum Gasteiger partial charge on any atom is 0.573 e. The van der Waals surface area contributed by atoms with E-state index in [9.17, 15) is 18.0 Å². The van der Waals surface area contributed by atoms with Gasteiger partial charge in [-0.15, -0.1) is 13.2 Å². The molecule has 35 heavy (non-hydrogen) atoms. The number of aryl methyl sites for hydroxylation is 1. The molecule has 0 saturated heterocycles. The van der Waals surface area contributed by atoms with Crippen LogP contribution in [0.5, 0.6) is 5.75 Å². The van der Waals surface area contributed by atoms with Gasteiger partial charge < -0.3 is 19.7 Å². The summed E-state index contributed by atoms with van der Waals surface area (Å²) in [6, 6.07) is 7.47. The predicted octanol–water partition coefficient (Wildman–Crippen LogP) is 6.48. The Balaban J connectivity index is 1.70. The maximum absolute atomic E-state index is 12.5. The predicted molar refractivity (Wildman–Crippen MR) is 126 cm³/mol. The number of nitrogens with one attached hydrogen (secondary N) is 1. The minimum absolute atomic E-state index is 0.0228. The average Bonchev–Trinajstić information content (AvgIpc) is 3.08. The van der Waals surface area contributed by atoms with Crippen LogP contribution in [0, 0.1) is 11.3 Å². The van der Waals surface area contributed by atoms with Crippen LogP contribution in [0.1, 0.15) is 58.2 Å². The molecule has 4 rings (SSSR count). The second kappa shape index (κ2) is 9.39. The number of aliphatic carboxylic acids is 1. The molecule has 1 saturated carbocycles. The SMILES string of the molecule is C[C@@H]1C[C@H](n2c(Nc3ccc(OC(F)(F)F)cc3)nc3cc(CCC(=O)O)ncc32)CC(C)(C)C1. The molecule has 2 aromatic heterocycles. The van der Waals surface area contributed by atoms with Gasteiger partial charge in [0.25, 0.3) is 0 Å². The van der Waals surface area contributed by atoms with Gasteiger partial charge in [-0.2, -0.15) is 0 Å². The molecule has 10 heteroatoms. The third-order valence-corrected chi connectivity index (χ3v) is 6.30. The van der Waals surface area contributed by atoms with Crippen molar-refractivity contribution in [2.45, 2.75) is 65.3 Å². The quantitative estimate of drug-likeness (QED) is 0.394. The highest BCUT2D eigenvalue weighted by Gasteiger charge is 2.35. The van der Waals surface area contributed by atoms with Gasteiger partial charge in [-0.05, 0) is 60.9 Å².